The van der Waals surface area contributed by atoms with Crippen molar-refractivity contribution in [1.82, 2.24) is 19.5 Å². The van der Waals surface area contributed by atoms with Crippen molar-refractivity contribution in [2.75, 3.05) is 6.54 Å². The normalized spacial score (nSPS) is 16.0. The quantitative estimate of drug-likeness (QED) is 0.505. The van der Waals surface area contributed by atoms with Crippen LogP contribution >= 0.6 is 15.9 Å². The van der Waals surface area contributed by atoms with E-state index in [1.165, 1.54) is 12.1 Å². The fourth-order valence-electron chi connectivity index (χ4n) is 3.64. The Morgan fingerprint density at radius 2 is 2.06 bits per heavy atom. The number of hydrogen-bond donors (Lipinski definition) is 1. The van der Waals surface area contributed by atoms with Crippen molar-refractivity contribution in [2.24, 2.45) is 10.9 Å². The zero-order valence-corrected chi connectivity index (χ0v) is 21.4. The van der Waals surface area contributed by atoms with Crippen LogP contribution in [0.15, 0.2) is 57.0 Å². The van der Waals surface area contributed by atoms with Crippen LogP contribution in [0.25, 0.3) is 5.70 Å². The molecule has 0 spiro atoms. The number of aliphatic hydroxyl groups is 1. The van der Waals surface area contributed by atoms with E-state index in [4.69, 9.17) is 4.74 Å². The largest absolute Gasteiger partial charge is 0.486 e. The second-order valence-electron chi connectivity index (χ2n) is 8.88. The van der Waals surface area contributed by atoms with E-state index in [2.05, 4.69) is 35.9 Å². The number of aromatic nitrogens is 4. The summed E-state index contributed by atoms with van der Waals surface area (Å²) in [4.78, 5) is 30.6. The van der Waals surface area contributed by atoms with E-state index in [0.717, 1.165) is 11.9 Å². The number of allylic oxidation sites excluding steroid dienone is 1. The van der Waals surface area contributed by atoms with Crippen LogP contribution in [-0.4, -0.2) is 36.9 Å². The minimum Gasteiger partial charge on any atom is -0.486 e. The summed E-state index contributed by atoms with van der Waals surface area (Å²) >= 11 is 3.38. The van der Waals surface area contributed by atoms with Gasteiger partial charge >= 0.3 is 0 Å². The molecule has 3 aromatic rings. The number of rotatable bonds is 6. The number of dihydropyridines is 1. The number of halogens is 2. The van der Waals surface area contributed by atoms with Crippen molar-refractivity contribution in [1.29, 1.82) is 0 Å². The molecule has 1 N–H and O–H groups in total. The Balaban J connectivity index is 1.67. The van der Waals surface area contributed by atoms with Crippen molar-refractivity contribution in [3.8, 4) is 5.75 Å². The van der Waals surface area contributed by atoms with Gasteiger partial charge in [0.15, 0.2) is 5.82 Å². The van der Waals surface area contributed by atoms with Crippen LogP contribution in [0.1, 0.15) is 43.7 Å². The highest BCUT2D eigenvalue weighted by atomic mass is 79.9. The molecule has 8 nitrogen and oxygen atoms in total. The summed E-state index contributed by atoms with van der Waals surface area (Å²) in [5, 5.41) is 10.3. The molecule has 1 aliphatic rings. The van der Waals surface area contributed by atoms with E-state index in [1.54, 1.807) is 36.7 Å². The number of aryl methyl sites for hydroxylation is 1. The summed E-state index contributed by atoms with van der Waals surface area (Å²) < 4.78 is 20.8. The van der Waals surface area contributed by atoms with E-state index in [1.807, 2.05) is 19.9 Å². The van der Waals surface area contributed by atoms with Gasteiger partial charge in [-0.2, -0.15) is 0 Å². The minimum atomic E-state index is -1.19. The first-order valence-electron chi connectivity index (χ1n) is 11.0. The minimum absolute atomic E-state index is 0.0205. The standard InChI is InChI=1S/C25H25BrFN5O3/c1-14-11-30-19(18-7-8-28-24(31-18)25(3,4)34)10-20(14)32-15(2)9-21(22(26)23(32)33)35-13-17-6-5-16(27)12-29-17/h5-10,12,14,34H,11,13H2,1-4H3/t14-/m1/s1. The molecular formula is C25H25BrFN5O3. The fraction of sp³-hybridized carbons (Fsp3) is 0.320. The Morgan fingerprint density at radius 1 is 1.29 bits per heavy atom. The van der Waals surface area contributed by atoms with E-state index >= 15 is 0 Å². The van der Waals surface area contributed by atoms with Crippen molar-refractivity contribution in [3.63, 3.8) is 0 Å². The van der Waals surface area contributed by atoms with E-state index in [0.29, 0.717) is 40.9 Å². The van der Waals surface area contributed by atoms with Crippen molar-refractivity contribution >= 4 is 27.3 Å². The maximum Gasteiger partial charge on any atom is 0.273 e. The van der Waals surface area contributed by atoms with Gasteiger partial charge in [-0.3, -0.25) is 19.3 Å². The van der Waals surface area contributed by atoms with E-state index in [9.17, 15) is 14.3 Å². The maximum atomic E-state index is 13.4. The van der Waals surface area contributed by atoms with Crippen LogP contribution in [-0.2, 0) is 12.2 Å². The van der Waals surface area contributed by atoms with Gasteiger partial charge in [0.1, 0.15) is 28.2 Å². The van der Waals surface area contributed by atoms with Crippen molar-refractivity contribution in [3.05, 3.63) is 86.3 Å². The summed E-state index contributed by atoms with van der Waals surface area (Å²) in [5.41, 5.74) is 1.70. The van der Waals surface area contributed by atoms with Crippen LogP contribution in [0.2, 0.25) is 0 Å². The smallest absolute Gasteiger partial charge is 0.273 e. The van der Waals surface area contributed by atoms with Crippen molar-refractivity contribution in [2.45, 2.75) is 39.9 Å². The highest BCUT2D eigenvalue weighted by Gasteiger charge is 2.24. The molecule has 35 heavy (non-hydrogen) atoms. The lowest BCUT2D eigenvalue weighted by atomic mass is 10.0. The lowest BCUT2D eigenvalue weighted by Crippen LogP contribution is -2.29. The van der Waals surface area contributed by atoms with Crippen molar-refractivity contribution < 1.29 is 14.2 Å². The van der Waals surface area contributed by atoms with Crippen LogP contribution in [0, 0.1) is 18.7 Å². The van der Waals surface area contributed by atoms with Gasteiger partial charge in [-0.25, -0.2) is 14.4 Å². The topological polar surface area (TPSA) is 102 Å². The molecule has 0 fully saturated rings. The third-order valence-electron chi connectivity index (χ3n) is 5.51. The average Bonchev–Trinajstić information content (AvgIpc) is 2.82. The molecule has 0 aliphatic carbocycles. The summed E-state index contributed by atoms with van der Waals surface area (Å²) in [7, 11) is 0. The zero-order chi connectivity index (χ0) is 25.3. The molecular weight excluding hydrogens is 517 g/mol. The van der Waals surface area contributed by atoms with Crippen LogP contribution in [0.3, 0.4) is 0 Å². The van der Waals surface area contributed by atoms with E-state index < -0.39 is 11.4 Å². The van der Waals surface area contributed by atoms with Crippen LogP contribution in [0.5, 0.6) is 5.75 Å². The van der Waals surface area contributed by atoms with Gasteiger partial charge in [-0.05, 0) is 61.0 Å². The monoisotopic (exact) mass is 541 g/mol. The second-order valence-corrected chi connectivity index (χ2v) is 9.67. The Bertz CT molecular complexity index is 1380. The Hall–Kier alpha value is -3.24. The third-order valence-corrected chi connectivity index (χ3v) is 6.24. The Kier molecular flexibility index (Phi) is 6.95. The lowest BCUT2D eigenvalue weighted by molar-refractivity contribution is 0.0686. The molecule has 1 aliphatic heterocycles. The zero-order valence-electron chi connectivity index (χ0n) is 19.8. The number of aliphatic imine (C=N–C) groups is 1. The highest BCUT2D eigenvalue weighted by molar-refractivity contribution is 9.10. The molecule has 0 amide bonds. The lowest BCUT2D eigenvalue weighted by Gasteiger charge is -2.24. The second kappa shape index (κ2) is 9.79. The number of hydrogen-bond acceptors (Lipinski definition) is 7. The molecule has 4 rings (SSSR count). The third kappa shape index (κ3) is 5.38. The predicted molar refractivity (Wildman–Crippen MR) is 134 cm³/mol. The van der Waals surface area contributed by atoms with Gasteiger partial charge in [-0.15, -0.1) is 0 Å². The van der Waals surface area contributed by atoms with Gasteiger partial charge in [-0.1, -0.05) is 6.92 Å². The summed E-state index contributed by atoms with van der Waals surface area (Å²) in [6.07, 6.45) is 4.55. The first kappa shape index (κ1) is 24.9. The Labute approximate surface area is 210 Å². The van der Waals surface area contributed by atoms with E-state index in [-0.39, 0.29) is 22.6 Å². The van der Waals surface area contributed by atoms with Crippen LogP contribution in [0.4, 0.5) is 4.39 Å². The molecule has 10 heteroatoms. The molecule has 0 saturated carbocycles. The average molecular weight is 542 g/mol. The first-order valence-corrected chi connectivity index (χ1v) is 11.8. The van der Waals surface area contributed by atoms with Gasteiger partial charge in [0.25, 0.3) is 5.56 Å². The molecule has 0 radical (unpaired) electrons. The molecule has 1 atom stereocenters. The number of pyridine rings is 2. The summed E-state index contributed by atoms with van der Waals surface area (Å²) in [6.45, 7) is 7.63. The number of ether oxygens (including phenoxy) is 1. The molecule has 3 aromatic heterocycles. The predicted octanol–water partition coefficient (Wildman–Crippen LogP) is 4.03. The van der Waals surface area contributed by atoms with Gasteiger partial charge in [0.05, 0.1) is 23.3 Å². The molecule has 0 aromatic carbocycles. The summed E-state index contributed by atoms with van der Waals surface area (Å²) in [6, 6.07) is 6.33. The SMILES string of the molecule is Cc1cc(OCc2ccc(F)cn2)c(Br)c(=O)n1C1=CC(c2ccnc(C(C)(C)O)n2)=NC[C@H]1C. The molecule has 182 valence electrons. The maximum absolute atomic E-state index is 13.4. The van der Waals surface area contributed by atoms with Crippen LogP contribution < -0.4 is 10.3 Å². The first-order chi connectivity index (χ1) is 16.5. The van der Waals surface area contributed by atoms with Gasteiger partial charge in [0, 0.05) is 36.1 Å². The van der Waals surface area contributed by atoms with Gasteiger partial charge in [0.2, 0.25) is 0 Å². The van der Waals surface area contributed by atoms with Gasteiger partial charge < -0.3 is 9.84 Å². The highest BCUT2D eigenvalue weighted by Crippen LogP contribution is 2.28. The molecule has 0 saturated heterocycles. The molecule has 4 heterocycles. The summed E-state index contributed by atoms with van der Waals surface area (Å²) in [5.74, 6) is 0.218. The fourth-order valence-corrected chi connectivity index (χ4v) is 4.05. The molecule has 0 unspecified atom stereocenters. The number of nitrogens with zero attached hydrogens (tertiary/aromatic N) is 5. The molecule has 0 bridgehead atoms. The Morgan fingerprint density at radius 3 is 2.74 bits per heavy atom.